The normalized spacial score (nSPS) is 26.4. The summed E-state index contributed by atoms with van der Waals surface area (Å²) in [6.07, 6.45) is 8.04. The van der Waals surface area contributed by atoms with Crippen LogP contribution in [0.2, 0.25) is 0 Å². The number of fused-ring (bicyclic) bond motifs is 1. The third kappa shape index (κ3) is 3.01. The molecule has 2 fully saturated rings. The van der Waals surface area contributed by atoms with Crippen molar-refractivity contribution in [1.29, 1.82) is 0 Å². The van der Waals surface area contributed by atoms with E-state index in [0.29, 0.717) is 18.3 Å². The highest BCUT2D eigenvalue weighted by Gasteiger charge is 2.35. The van der Waals surface area contributed by atoms with Gasteiger partial charge in [-0.3, -0.25) is 4.79 Å². The molecule has 0 aromatic carbocycles. The standard InChI is InChI=1S/C15H21ClN2OS/c16-9-12-10-20-14(17-12)8-15(19)18-7-3-5-11-4-1-2-6-13(11)18/h10-11,13H,1-9H2. The van der Waals surface area contributed by atoms with Crippen molar-refractivity contribution in [3.63, 3.8) is 0 Å². The molecule has 110 valence electrons. The van der Waals surface area contributed by atoms with Crippen LogP contribution >= 0.6 is 22.9 Å². The highest BCUT2D eigenvalue weighted by Crippen LogP contribution is 2.35. The minimum absolute atomic E-state index is 0.261. The second kappa shape index (κ2) is 6.44. The van der Waals surface area contributed by atoms with Gasteiger partial charge in [0.1, 0.15) is 5.01 Å². The lowest BCUT2D eigenvalue weighted by atomic mass is 9.78. The zero-order valence-electron chi connectivity index (χ0n) is 11.7. The van der Waals surface area contributed by atoms with Crippen molar-refractivity contribution in [2.75, 3.05) is 6.54 Å². The predicted molar refractivity (Wildman–Crippen MR) is 82.1 cm³/mol. The van der Waals surface area contributed by atoms with E-state index in [9.17, 15) is 4.79 Å². The van der Waals surface area contributed by atoms with Crippen LogP contribution in [0.25, 0.3) is 0 Å². The van der Waals surface area contributed by atoms with Crippen molar-refractivity contribution < 1.29 is 4.79 Å². The van der Waals surface area contributed by atoms with E-state index >= 15 is 0 Å². The Morgan fingerprint density at radius 1 is 1.35 bits per heavy atom. The summed E-state index contributed by atoms with van der Waals surface area (Å²) in [6, 6.07) is 0.498. The smallest absolute Gasteiger partial charge is 0.229 e. The fraction of sp³-hybridized carbons (Fsp3) is 0.733. The molecule has 1 aliphatic carbocycles. The van der Waals surface area contributed by atoms with Crippen LogP contribution in [0.5, 0.6) is 0 Å². The third-order valence-electron chi connectivity index (χ3n) is 4.60. The van der Waals surface area contributed by atoms with E-state index in [2.05, 4.69) is 9.88 Å². The van der Waals surface area contributed by atoms with Crippen molar-refractivity contribution in [1.82, 2.24) is 9.88 Å². The number of aromatic nitrogens is 1. The lowest BCUT2D eigenvalue weighted by molar-refractivity contribution is -0.136. The summed E-state index contributed by atoms with van der Waals surface area (Å²) in [5.74, 6) is 1.44. The van der Waals surface area contributed by atoms with Crippen LogP contribution < -0.4 is 0 Å². The van der Waals surface area contributed by atoms with Gasteiger partial charge in [-0.25, -0.2) is 4.98 Å². The van der Waals surface area contributed by atoms with Crippen LogP contribution in [0.3, 0.4) is 0 Å². The van der Waals surface area contributed by atoms with Gasteiger partial charge >= 0.3 is 0 Å². The molecule has 1 saturated carbocycles. The SMILES string of the molecule is O=C(Cc1nc(CCl)cs1)N1CCCC2CCCCC21. The molecule has 3 nitrogen and oxygen atoms in total. The van der Waals surface area contributed by atoms with Crippen LogP contribution in [0, 0.1) is 5.92 Å². The van der Waals surface area contributed by atoms with Gasteiger partial charge in [0.05, 0.1) is 18.0 Å². The summed E-state index contributed by atoms with van der Waals surface area (Å²) < 4.78 is 0. The summed E-state index contributed by atoms with van der Waals surface area (Å²) in [6.45, 7) is 0.938. The summed E-state index contributed by atoms with van der Waals surface area (Å²) in [5, 5.41) is 2.86. The second-order valence-corrected chi connectivity index (χ2v) is 7.09. The van der Waals surface area contributed by atoms with Crippen molar-refractivity contribution >= 4 is 28.8 Å². The van der Waals surface area contributed by atoms with Crippen LogP contribution in [-0.2, 0) is 17.1 Å². The Morgan fingerprint density at radius 2 is 2.15 bits per heavy atom. The number of hydrogen-bond donors (Lipinski definition) is 0. The maximum atomic E-state index is 12.6. The van der Waals surface area contributed by atoms with Crippen molar-refractivity contribution in [2.45, 2.75) is 56.9 Å². The van der Waals surface area contributed by atoms with E-state index in [1.54, 1.807) is 11.3 Å². The third-order valence-corrected chi connectivity index (χ3v) is 5.77. The molecule has 2 aliphatic rings. The van der Waals surface area contributed by atoms with E-state index in [1.807, 2.05) is 5.38 Å². The molecule has 2 heterocycles. The number of carbonyl (C=O) groups excluding carboxylic acids is 1. The molecule has 20 heavy (non-hydrogen) atoms. The van der Waals surface area contributed by atoms with Gasteiger partial charge in [-0.05, 0) is 31.6 Å². The maximum absolute atomic E-state index is 12.6. The Kier molecular flexibility index (Phi) is 4.61. The second-order valence-electron chi connectivity index (χ2n) is 5.88. The number of hydrogen-bond acceptors (Lipinski definition) is 3. The molecule has 1 amide bonds. The Morgan fingerprint density at radius 3 is 2.95 bits per heavy atom. The molecule has 0 N–H and O–H groups in total. The Balaban J connectivity index is 1.66. The number of halogens is 1. The molecular weight excluding hydrogens is 292 g/mol. The predicted octanol–water partition coefficient (Wildman–Crippen LogP) is 3.61. The maximum Gasteiger partial charge on any atom is 0.229 e. The monoisotopic (exact) mass is 312 g/mol. The van der Waals surface area contributed by atoms with Gasteiger partial charge < -0.3 is 4.90 Å². The van der Waals surface area contributed by atoms with Gasteiger partial charge in [-0.1, -0.05) is 12.8 Å². The highest BCUT2D eigenvalue weighted by molar-refractivity contribution is 7.09. The van der Waals surface area contributed by atoms with Crippen LogP contribution in [0.1, 0.15) is 49.2 Å². The molecule has 1 saturated heterocycles. The molecule has 2 unspecified atom stereocenters. The number of amides is 1. The van der Waals surface area contributed by atoms with E-state index in [1.165, 1.54) is 32.1 Å². The molecular formula is C15H21ClN2OS. The van der Waals surface area contributed by atoms with Gasteiger partial charge in [0.15, 0.2) is 0 Å². The van der Waals surface area contributed by atoms with Crippen molar-refractivity contribution in [2.24, 2.45) is 5.92 Å². The molecule has 0 bridgehead atoms. The first-order chi connectivity index (χ1) is 9.78. The average Bonchev–Trinajstić information content (AvgIpc) is 2.94. The van der Waals surface area contributed by atoms with Crippen molar-refractivity contribution in [3.8, 4) is 0 Å². The molecule has 2 atom stereocenters. The van der Waals surface area contributed by atoms with E-state index in [0.717, 1.165) is 29.6 Å². The first-order valence-electron chi connectivity index (χ1n) is 7.56. The minimum Gasteiger partial charge on any atom is -0.339 e. The molecule has 5 heteroatoms. The fourth-order valence-electron chi connectivity index (χ4n) is 3.66. The Bertz CT molecular complexity index is 474. The number of thiazole rings is 1. The first kappa shape index (κ1) is 14.3. The molecule has 0 radical (unpaired) electrons. The molecule has 3 rings (SSSR count). The lowest BCUT2D eigenvalue weighted by Gasteiger charge is -2.44. The molecule has 1 aliphatic heterocycles. The summed E-state index contributed by atoms with van der Waals surface area (Å²) >= 11 is 7.32. The number of piperidine rings is 1. The quantitative estimate of drug-likeness (QED) is 0.799. The van der Waals surface area contributed by atoms with E-state index in [4.69, 9.17) is 11.6 Å². The van der Waals surface area contributed by atoms with Gasteiger partial charge in [0, 0.05) is 18.0 Å². The first-order valence-corrected chi connectivity index (χ1v) is 8.98. The summed E-state index contributed by atoms with van der Waals surface area (Å²) in [5.41, 5.74) is 0.883. The van der Waals surface area contributed by atoms with Gasteiger partial charge in [0.25, 0.3) is 0 Å². The Labute approximate surface area is 129 Å². The van der Waals surface area contributed by atoms with E-state index in [-0.39, 0.29) is 5.91 Å². The lowest BCUT2D eigenvalue weighted by Crippen LogP contribution is -2.50. The summed E-state index contributed by atoms with van der Waals surface area (Å²) in [4.78, 5) is 19.1. The van der Waals surface area contributed by atoms with Gasteiger partial charge in [-0.15, -0.1) is 22.9 Å². The van der Waals surface area contributed by atoms with Crippen LogP contribution in [-0.4, -0.2) is 28.4 Å². The number of nitrogens with zero attached hydrogens (tertiary/aromatic N) is 2. The van der Waals surface area contributed by atoms with Gasteiger partial charge in [0.2, 0.25) is 5.91 Å². The fourth-order valence-corrected chi connectivity index (χ4v) is 4.67. The number of alkyl halides is 1. The topological polar surface area (TPSA) is 33.2 Å². The van der Waals surface area contributed by atoms with Crippen LogP contribution in [0.15, 0.2) is 5.38 Å². The van der Waals surface area contributed by atoms with Crippen molar-refractivity contribution in [3.05, 3.63) is 16.1 Å². The number of carbonyl (C=O) groups is 1. The Hall–Kier alpha value is -0.610. The molecule has 0 spiro atoms. The molecule has 1 aromatic rings. The summed E-state index contributed by atoms with van der Waals surface area (Å²) in [7, 11) is 0. The average molecular weight is 313 g/mol. The van der Waals surface area contributed by atoms with Gasteiger partial charge in [-0.2, -0.15) is 0 Å². The van der Waals surface area contributed by atoms with Crippen LogP contribution in [0.4, 0.5) is 0 Å². The zero-order chi connectivity index (χ0) is 13.9. The van der Waals surface area contributed by atoms with E-state index < -0.39 is 0 Å². The number of rotatable bonds is 3. The largest absolute Gasteiger partial charge is 0.339 e. The minimum atomic E-state index is 0.261. The zero-order valence-corrected chi connectivity index (χ0v) is 13.3. The number of likely N-dealkylation sites (tertiary alicyclic amines) is 1. The highest BCUT2D eigenvalue weighted by atomic mass is 35.5. The molecule has 1 aromatic heterocycles.